The van der Waals surface area contributed by atoms with E-state index in [-0.39, 0.29) is 23.2 Å². The second-order valence-corrected chi connectivity index (χ2v) is 5.03. The molecule has 1 aromatic heterocycles. The van der Waals surface area contributed by atoms with Crippen LogP contribution in [0.25, 0.3) is 0 Å². The first-order valence-electron chi connectivity index (χ1n) is 6.81. The predicted octanol–water partition coefficient (Wildman–Crippen LogP) is 1.41. The average molecular weight is 302 g/mol. The van der Waals surface area contributed by atoms with E-state index in [1.54, 1.807) is 17.2 Å². The van der Waals surface area contributed by atoms with Crippen LogP contribution in [0.3, 0.4) is 0 Å². The molecule has 0 atom stereocenters. The van der Waals surface area contributed by atoms with Gasteiger partial charge in [-0.05, 0) is 30.2 Å². The number of hydrogen-bond acceptors (Lipinski definition) is 5. The Bertz CT molecular complexity index is 735. The lowest BCUT2D eigenvalue weighted by molar-refractivity contribution is 0.0731. The van der Waals surface area contributed by atoms with Crippen molar-refractivity contribution in [2.45, 2.75) is 13.0 Å². The molecule has 114 valence electrons. The number of fused-ring (bicyclic) bond motifs is 1. The van der Waals surface area contributed by atoms with Gasteiger partial charge in [0.2, 0.25) is 5.95 Å². The topological polar surface area (TPSA) is 81.3 Å². The van der Waals surface area contributed by atoms with E-state index in [4.69, 9.17) is 10.5 Å². The highest BCUT2D eigenvalue weighted by Crippen LogP contribution is 2.22. The summed E-state index contributed by atoms with van der Waals surface area (Å²) in [6, 6.07) is 4.18. The Morgan fingerprint density at radius 1 is 1.45 bits per heavy atom. The van der Waals surface area contributed by atoms with Crippen LogP contribution >= 0.6 is 0 Å². The highest BCUT2D eigenvalue weighted by atomic mass is 19.1. The van der Waals surface area contributed by atoms with Gasteiger partial charge in [0.05, 0.1) is 19.3 Å². The monoisotopic (exact) mass is 302 g/mol. The van der Waals surface area contributed by atoms with Gasteiger partial charge in [0.25, 0.3) is 5.91 Å². The lowest BCUT2D eigenvalue weighted by atomic mass is 10.1. The molecule has 0 unspecified atom stereocenters. The van der Waals surface area contributed by atoms with Gasteiger partial charge in [0.15, 0.2) is 11.6 Å². The summed E-state index contributed by atoms with van der Waals surface area (Å²) in [5.74, 6) is -0.508. The lowest BCUT2D eigenvalue weighted by Gasteiger charge is -2.28. The predicted molar refractivity (Wildman–Crippen MR) is 77.8 cm³/mol. The van der Waals surface area contributed by atoms with Crippen LogP contribution in [-0.4, -0.2) is 34.4 Å². The quantitative estimate of drug-likeness (QED) is 0.907. The maximum Gasteiger partial charge on any atom is 0.254 e. The smallest absolute Gasteiger partial charge is 0.254 e. The molecule has 7 heteroatoms. The molecule has 0 saturated heterocycles. The molecule has 2 aromatic rings. The standard InChI is InChI=1S/C15H15FN4O2/c1-22-13-3-2-9(6-11(13)16)14(21)20-5-4-10-7-18-15(17)19-12(10)8-20/h2-3,6-7H,4-5,8H2,1H3,(H2,17,18,19). The van der Waals surface area contributed by atoms with Crippen LogP contribution in [0.5, 0.6) is 5.75 Å². The van der Waals surface area contributed by atoms with Crippen molar-refractivity contribution in [2.24, 2.45) is 0 Å². The van der Waals surface area contributed by atoms with E-state index in [0.29, 0.717) is 19.5 Å². The fourth-order valence-corrected chi connectivity index (χ4v) is 2.47. The second-order valence-electron chi connectivity index (χ2n) is 5.03. The number of anilines is 1. The lowest BCUT2D eigenvalue weighted by Crippen LogP contribution is -2.36. The van der Waals surface area contributed by atoms with Gasteiger partial charge in [0, 0.05) is 18.3 Å². The van der Waals surface area contributed by atoms with Crippen molar-refractivity contribution in [3.63, 3.8) is 0 Å². The molecule has 6 nitrogen and oxygen atoms in total. The number of nitrogens with two attached hydrogens (primary N) is 1. The van der Waals surface area contributed by atoms with E-state index < -0.39 is 5.82 Å². The van der Waals surface area contributed by atoms with Crippen LogP contribution < -0.4 is 10.5 Å². The molecule has 1 aromatic carbocycles. The summed E-state index contributed by atoms with van der Waals surface area (Å²) in [7, 11) is 1.38. The Kier molecular flexibility index (Phi) is 3.62. The molecule has 0 bridgehead atoms. The summed E-state index contributed by atoms with van der Waals surface area (Å²) in [6.07, 6.45) is 2.34. The number of halogens is 1. The Labute approximate surface area is 126 Å². The van der Waals surface area contributed by atoms with Crippen molar-refractivity contribution in [3.8, 4) is 5.75 Å². The minimum absolute atomic E-state index is 0.112. The first-order chi connectivity index (χ1) is 10.6. The van der Waals surface area contributed by atoms with Crippen LogP contribution in [0.4, 0.5) is 10.3 Å². The summed E-state index contributed by atoms with van der Waals surface area (Å²) in [6.45, 7) is 0.876. The zero-order valence-electron chi connectivity index (χ0n) is 12.0. The Morgan fingerprint density at radius 3 is 3.00 bits per heavy atom. The summed E-state index contributed by atoms with van der Waals surface area (Å²) in [4.78, 5) is 22.2. The third-order valence-electron chi connectivity index (χ3n) is 3.65. The molecule has 1 aliphatic rings. The Morgan fingerprint density at radius 2 is 2.27 bits per heavy atom. The molecule has 0 saturated carbocycles. The third kappa shape index (κ3) is 2.57. The van der Waals surface area contributed by atoms with Gasteiger partial charge in [-0.3, -0.25) is 4.79 Å². The SMILES string of the molecule is COc1ccc(C(=O)N2CCc3cnc(N)nc3C2)cc1F. The third-order valence-corrected chi connectivity index (χ3v) is 3.65. The molecule has 1 amide bonds. The number of nitrogens with zero attached hydrogens (tertiary/aromatic N) is 3. The number of amides is 1. The fraction of sp³-hybridized carbons (Fsp3) is 0.267. The summed E-state index contributed by atoms with van der Waals surface area (Å²) in [5, 5.41) is 0. The molecule has 0 spiro atoms. The van der Waals surface area contributed by atoms with Crippen LogP contribution in [0.15, 0.2) is 24.4 Å². The van der Waals surface area contributed by atoms with Gasteiger partial charge < -0.3 is 15.4 Å². The first kappa shape index (κ1) is 14.2. The van der Waals surface area contributed by atoms with Crippen molar-refractivity contribution < 1.29 is 13.9 Å². The first-order valence-corrected chi connectivity index (χ1v) is 6.81. The molecule has 2 N–H and O–H groups in total. The van der Waals surface area contributed by atoms with Gasteiger partial charge in [-0.1, -0.05) is 0 Å². The second kappa shape index (κ2) is 5.59. The molecular weight excluding hydrogens is 287 g/mol. The number of nitrogen functional groups attached to an aromatic ring is 1. The number of methoxy groups -OCH3 is 1. The van der Waals surface area contributed by atoms with E-state index in [0.717, 1.165) is 11.3 Å². The van der Waals surface area contributed by atoms with Gasteiger partial charge in [-0.25, -0.2) is 14.4 Å². The van der Waals surface area contributed by atoms with Crippen molar-refractivity contribution in [2.75, 3.05) is 19.4 Å². The van der Waals surface area contributed by atoms with Crippen molar-refractivity contribution in [1.82, 2.24) is 14.9 Å². The number of ether oxygens (including phenoxy) is 1. The highest BCUT2D eigenvalue weighted by molar-refractivity contribution is 5.94. The molecule has 22 heavy (non-hydrogen) atoms. The largest absolute Gasteiger partial charge is 0.494 e. The molecule has 0 fully saturated rings. The summed E-state index contributed by atoms with van der Waals surface area (Å²) < 4.78 is 18.6. The fourth-order valence-electron chi connectivity index (χ4n) is 2.47. The highest BCUT2D eigenvalue weighted by Gasteiger charge is 2.23. The van der Waals surface area contributed by atoms with Crippen LogP contribution in [0, 0.1) is 5.82 Å². The van der Waals surface area contributed by atoms with Gasteiger partial charge >= 0.3 is 0 Å². The molecular formula is C15H15FN4O2. The van der Waals surface area contributed by atoms with Crippen molar-refractivity contribution in [1.29, 1.82) is 0 Å². The van der Waals surface area contributed by atoms with Gasteiger partial charge in [-0.2, -0.15) is 0 Å². The minimum atomic E-state index is -0.558. The van der Waals surface area contributed by atoms with Crippen LogP contribution in [0.2, 0.25) is 0 Å². The maximum atomic E-state index is 13.7. The van der Waals surface area contributed by atoms with E-state index >= 15 is 0 Å². The van der Waals surface area contributed by atoms with Crippen LogP contribution in [-0.2, 0) is 13.0 Å². The van der Waals surface area contributed by atoms with Gasteiger partial charge in [-0.15, -0.1) is 0 Å². The molecule has 3 rings (SSSR count). The van der Waals surface area contributed by atoms with E-state index in [1.165, 1.54) is 19.2 Å². The van der Waals surface area contributed by atoms with Gasteiger partial charge in [0.1, 0.15) is 0 Å². The van der Waals surface area contributed by atoms with E-state index in [9.17, 15) is 9.18 Å². The average Bonchev–Trinajstić information content (AvgIpc) is 2.53. The minimum Gasteiger partial charge on any atom is -0.494 e. The normalized spacial score (nSPS) is 13.6. The van der Waals surface area contributed by atoms with E-state index in [2.05, 4.69) is 9.97 Å². The number of benzene rings is 1. The summed E-state index contributed by atoms with van der Waals surface area (Å²) in [5.41, 5.74) is 7.58. The summed E-state index contributed by atoms with van der Waals surface area (Å²) >= 11 is 0. The Hall–Kier alpha value is -2.70. The molecule has 0 radical (unpaired) electrons. The van der Waals surface area contributed by atoms with Crippen molar-refractivity contribution >= 4 is 11.9 Å². The number of carbonyl (C=O) groups is 1. The Balaban J connectivity index is 1.83. The van der Waals surface area contributed by atoms with Crippen molar-refractivity contribution in [3.05, 3.63) is 47.0 Å². The number of hydrogen-bond donors (Lipinski definition) is 1. The molecule has 2 heterocycles. The molecule has 0 aliphatic carbocycles. The van der Waals surface area contributed by atoms with Crippen LogP contribution in [0.1, 0.15) is 21.6 Å². The zero-order valence-corrected chi connectivity index (χ0v) is 12.0. The maximum absolute atomic E-state index is 13.7. The number of rotatable bonds is 2. The number of carbonyl (C=O) groups excluding carboxylic acids is 1. The van der Waals surface area contributed by atoms with E-state index in [1.807, 2.05) is 0 Å². The molecule has 1 aliphatic heterocycles. The number of aromatic nitrogens is 2. The zero-order chi connectivity index (χ0) is 15.7.